The first kappa shape index (κ1) is 22.0. The number of carbonyl (C=O) groups excluding carboxylic acids is 4. The van der Waals surface area contributed by atoms with Crippen LogP contribution in [0.15, 0.2) is 36.4 Å². The van der Waals surface area contributed by atoms with Gasteiger partial charge in [-0.25, -0.2) is 4.79 Å². The number of aryl methyl sites for hydroxylation is 3. The summed E-state index contributed by atoms with van der Waals surface area (Å²) in [6, 6.07) is 10.5. The first-order chi connectivity index (χ1) is 14.7. The fourth-order valence-electron chi connectivity index (χ4n) is 3.68. The Hall–Kier alpha value is -3.68. The number of nitrogens with one attached hydrogen (secondary N) is 4. The lowest BCUT2D eigenvalue weighted by Gasteiger charge is -2.13. The molecule has 0 radical (unpaired) electrons. The van der Waals surface area contributed by atoms with Crippen molar-refractivity contribution >= 4 is 35.1 Å². The van der Waals surface area contributed by atoms with Crippen molar-refractivity contribution in [2.45, 2.75) is 33.6 Å². The maximum Gasteiger partial charge on any atom is 0.319 e. The standard InChI is InChI=1S/C23H26N4O4/c1-13-8-14(2)21(15(3)9-13)26-20(29)12-24-23(31)25-18-6-4-16(5-7-18)10-17-11-19(28)27-22(17)30/h4-9,17H,10-12H2,1-3H3,(H,26,29)(H2,24,25,31)(H,27,28,30). The van der Waals surface area contributed by atoms with Gasteiger partial charge in [-0.1, -0.05) is 29.8 Å². The zero-order valence-corrected chi connectivity index (χ0v) is 17.8. The second kappa shape index (κ2) is 9.42. The molecule has 0 bridgehead atoms. The summed E-state index contributed by atoms with van der Waals surface area (Å²) in [6.45, 7) is 5.69. The molecule has 4 N–H and O–H groups in total. The molecule has 0 saturated carbocycles. The van der Waals surface area contributed by atoms with E-state index in [0.717, 1.165) is 27.9 Å². The third kappa shape index (κ3) is 5.91. The highest BCUT2D eigenvalue weighted by Gasteiger charge is 2.30. The van der Waals surface area contributed by atoms with Crippen molar-refractivity contribution in [1.82, 2.24) is 10.6 Å². The molecule has 5 amide bonds. The van der Waals surface area contributed by atoms with Gasteiger partial charge in [-0.2, -0.15) is 0 Å². The Balaban J connectivity index is 1.47. The maximum atomic E-state index is 12.2. The van der Waals surface area contributed by atoms with Gasteiger partial charge in [0.1, 0.15) is 0 Å². The monoisotopic (exact) mass is 422 g/mol. The van der Waals surface area contributed by atoms with E-state index in [-0.39, 0.29) is 36.6 Å². The Morgan fingerprint density at radius 3 is 2.23 bits per heavy atom. The van der Waals surface area contributed by atoms with Crippen LogP contribution < -0.4 is 21.3 Å². The minimum Gasteiger partial charge on any atom is -0.329 e. The highest BCUT2D eigenvalue weighted by atomic mass is 16.2. The van der Waals surface area contributed by atoms with E-state index in [1.165, 1.54) is 0 Å². The summed E-state index contributed by atoms with van der Waals surface area (Å²) in [5.74, 6) is -1.17. The van der Waals surface area contributed by atoms with Crippen molar-refractivity contribution in [2.24, 2.45) is 5.92 Å². The molecule has 162 valence electrons. The minimum atomic E-state index is -0.499. The summed E-state index contributed by atoms with van der Waals surface area (Å²) in [4.78, 5) is 47.2. The largest absolute Gasteiger partial charge is 0.329 e. The molecule has 31 heavy (non-hydrogen) atoms. The van der Waals surface area contributed by atoms with E-state index < -0.39 is 6.03 Å². The first-order valence-corrected chi connectivity index (χ1v) is 10.1. The summed E-state index contributed by atoms with van der Waals surface area (Å²) < 4.78 is 0. The van der Waals surface area contributed by atoms with Crippen molar-refractivity contribution in [3.8, 4) is 0 Å². The fraction of sp³-hybridized carbons (Fsp3) is 0.304. The lowest BCUT2D eigenvalue weighted by molar-refractivity contribution is -0.125. The summed E-state index contributed by atoms with van der Waals surface area (Å²) in [5, 5.41) is 10.3. The van der Waals surface area contributed by atoms with Crippen molar-refractivity contribution in [2.75, 3.05) is 17.2 Å². The molecule has 2 aromatic rings. The molecule has 1 fully saturated rings. The van der Waals surface area contributed by atoms with Crippen LogP contribution in [-0.2, 0) is 20.8 Å². The summed E-state index contributed by atoms with van der Waals surface area (Å²) >= 11 is 0. The van der Waals surface area contributed by atoms with Gasteiger partial charge in [-0.05, 0) is 56.0 Å². The van der Waals surface area contributed by atoms with E-state index >= 15 is 0 Å². The molecular weight excluding hydrogens is 396 g/mol. The summed E-state index contributed by atoms with van der Waals surface area (Å²) in [7, 11) is 0. The molecule has 1 aliphatic heterocycles. The maximum absolute atomic E-state index is 12.2. The van der Waals surface area contributed by atoms with Crippen LogP contribution in [0.1, 0.15) is 28.7 Å². The van der Waals surface area contributed by atoms with Gasteiger partial charge in [0.25, 0.3) is 0 Å². The van der Waals surface area contributed by atoms with Gasteiger partial charge in [0, 0.05) is 17.8 Å². The average Bonchev–Trinajstić information content (AvgIpc) is 3.01. The normalized spacial score (nSPS) is 15.4. The number of imide groups is 1. The lowest BCUT2D eigenvalue weighted by atomic mass is 9.98. The molecule has 8 nitrogen and oxygen atoms in total. The Morgan fingerprint density at radius 1 is 1.00 bits per heavy atom. The second-order valence-electron chi connectivity index (χ2n) is 7.84. The van der Waals surface area contributed by atoms with Crippen LogP contribution in [-0.4, -0.2) is 30.3 Å². The first-order valence-electron chi connectivity index (χ1n) is 10.1. The predicted molar refractivity (Wildman–Crippen MR) is 118 cm³/mol. The van der Waals surface area contributed by atoms with E-state index in [4.69, 9.17) is 0 Å². The molecule has 3 rings (SSSR count). The van der Waals surface area contributed by atoms with Gasteiger partial charge in [-0.3, -0.25) is 19.7 Å². The van der Waals surface area contributed by atoms with Gasteiger partial charge >= 0.3 is 6.03 Å². The van der Waals surface area contributed by atoms with Gasteiger partial charge in [-0.15, -0.1) is 0 Å². The van der Waals surface area contributed by atoms with Crippen LogP contribution >= 0.6 is 0 Å². The number of rotatable bonds is 6. The Bertz CT molecular complexity index is 1010. The van der Waals surface area contributed by atoms with Crippen LogP contribution in [0.3, 0.4) is 0 Å². The van der Waals surface area contributed by atoms with Crippen LogP contribution in [0.4, 0.5) is 16.2 Å². The Morgan fingerprint density at radius 2 is 1.65 bits per heavy atom. The highest BCUT2D eigenvalue weighted by molar-refractivity contribution is 6.03. The molecule has 8 heteroatoms. The lowest BCUT2D eigenvalue weighted by Crippen LogP contribution is -2.36. The quantitative estimate of drug-likeness (QED) is 0.535. The molecule has 1 heterocycles. The van der Waals surface area contributed by atoms with Crippen LogP contribution in [0.2, 0.25) is 0 Å². The van der Waals surface area contributed by atoms with Crippen LogP contribution in [0.25, 0.3) is 0 Å². The van der Waals surface area contributed by atoms with E-state index in [1.54, 1.807) is 24.3 Å². The SMILES string of the molecule is Cc1cc(C)c(NC(=O)CNC(=O)Nc2ccc(CC3CC(=O)NC3=O)cc2)c(C)c1. The summed E-state index contributed by atoms with van der Waals surface area (Å²) in [6.07, 6.45) is 0.660. The third-order valence-corrected chi connectivity index (χ3v) is 5.11. The molecule has 1 atom stereocenters. The average molecular weight is 422 g/mol. The van der Waals surface area contributed by atoms with Crippen LogP contribution in [0, 0.1) is 26.7 Å². The fourth-order valence-corrected chi connectivity index (χ4v) is 3.68. The van der Waals surface area contributed by atoms with Gasteiger partial charge in [0.05, 0.1) is 12.5 Å². The van der Waals surface area contributed by atoms with Crippen molar-refractivity contribution in [3.05, 3.63) is 58.7 Å². The number of anilines is 2. The molecule has 2 aromatic carbocycles. The molecular formula is C23H26N4O4. The number of amides is 5. The number of hydrogen-bond acceptors (Lipinski definition) is 4. The Labute approximate surface area is 180 Å². The zero-order chi connectivity index (χ0) is 22.5. The minimum absolute atomic E-state index is 0.165. The second-order valence-corrected chi connectivity index (χ2v) is 7.84. The van der Waals surface area contributed by atoms with E-state index in [0.29, 0.717) is 12.1 Å². The zero-order valence-electron chi connectivity index (χ0n) is 17.8. The van der Waals surface area contributed by atoms with Crippen molar-refractivity contribution in [1.29, 1.82) is 0 Å². The predicted octanol–water partition coefficient (Wildman–Crippen LogP) is 2.58. The molecule has 0 aliphatic carbocycles. The van der Waals surface area contributed by atoms with Crippen LogP contribution in [0.5, 0.6) is 0 Å². The molecule has 0 spiro atoms. The van der Waals surface area contributed by atoms with Gasteiger partial charge in [0.2, 0.25) is 17.7 Å². The third-order valence-electron chi connectivity index (χ3n) is 5.11. The molecule has 0 aromatic heterocycles. The molecule has 1 aliphatic rings. The van der Waals surface area contributed by atoms with E-state index in [1.807, 2.05) is 32.9 Å². The molecule has 1 saturated heterocycles. The summed E-state index contributed by atoms with van der Waals surface area (Å²) in [5.41, 5.74) is 5.26. The van der Waals surface area contributed by atoms with Crippen molar-refractivity contribution < 1.29 is 19.2 Å². The number of carbonyl (C=O) groups is 4. The van der Waals surface area contributed by atoms with Crippen molar-refractivity contribution in [3.63, 3.8) is 0 Å². The highest BCUT2D eigenvalue weighted by Crippen LogP contribution is 2.22. The topological polar surface area (TPSA) is 116 Å². The van der Waals surface area contributed by atoms with Gasteiger partial charge in [0.15, 0.2) is 0 Å². The number of urea groups is 1. The molecule has 1 unspecified atom stereocenters. The number of benzene rings is 2. The Kier molecular flexibility index (Phi) is 6.69. The number of hydrogen-bond donors (Lipinski definition) is 4. The smallest absolute Gasteiger partial charge is 0.319 e. The van der Waals surface area contributed by atoms with E-state index in [2.05, 4.69) is 21.3 Å². The van der Waals surface area contributed by atoms with Gasteiger partial charge < -0.3 is 16.0 Å². The van der Waals surface area contributed by atoms with E-state index in [9.17, 15) is 19.2 Å².